The van der Waals surface area contributed by atoms with Crippen LogP contribution in [-0.2, 0) is 4.74 Å². The Balaban J connectivity index is 2.18. The molecule has 1 aromatic heterocycles. The van der Waals surface area contributed by atoms with Crippen molar-refractivity contribution in [3.63, 3.8) is 0 Å². The Bertz CT molecular complexity index is 319. The van der Waals surface area contributed by atoms with Crippen molar-refractivity contribution in [3.05, 3.63) is 17.6 Å². The summed E-state index contributed by atoms with van der Waals surface area (Å²) in [4.78, 5) is 8.53. The molecule has 0 radical (unpaired) electrons. The number of aromatic nitrogens is 2. The first kappa shape index (κ1) is 13.9. The summed E-state index contributed by atoms with van der Waals surface area (Å²) in [5.74, 6) is 2.38. The van der Waals surface area contributed by atoms with Gasteiger partial charge in [0.1, 0.15) is 11.6 Å². The van der Waals surface area contributed by atoms with E-state index in [1.54, 1.807) is 0 Å². The first-order valence-corrected chi connectivity index (χ1v) is 6.22. The van der Waals surface area contributed by atoms with E-state index in [0.29, 0.717) is 5.92 Å². The van der Waals surface area contributed by atoms with Crippen LogP contribution in [0.4, 0.5) is 5.82 Å². The van der Waals surface area contributed by atoms with Crippen LogP contribution in [0, 0.1) is 19.8 Å². The molecule has 0 saturated heterocycles. The van der Waals surface area contributed by atoms with E-state index in [9.17, 15) is 0 Å². The van der Waals surface area contributed by atoms with Gasteiger partial charge in [-0.25, -0.2) is 9.97 Å². The lowest BCUT2D eigenvalue weighted by atomic mass is 10.1. The molecule has 0 aliphatic carbocycles. The SMILES string of the molecule is Cc1cc(NCCOCCC(C)C)nc(C)n1. The normalized spacial score (nSPS) is 10.9. The van der Waals surface area contributed by atoms with Crippen molar-refractivity contribution in [1.29, 1.82) is 0 Å². The lowest BCUT2D eigenvalue weighted by Gasteiger charge is -2.08. The zero-order chi connectivity index (χ0) is 12.7. The topological polar surface area (TPSA) is 47.0 Å². The predicted octanol–water partition coefficient (Wildman–Crippen LogP) is 2.57. The Kier molecular flexibility index (Phi) is 5.91. The highest BCUT2D eigenvalue weighted by molar-refractivity contribution is 5.35. The maximum absolute atomic E-state index is 5.52. The molecule has 1 rings (SSSR count). The summed E-state index contributed by atoms with van der Waals surface area (Å²) in [5.41, 5.74) is 0.987. The molecule has 0 atom stereocenters. The van der Waals surface area contributed by atoms with Crippen LogP contribution in [0.3, 0.4) is 0 Å². The van der Waals surface area contributed by atoms with Gasteiger partial charge in [-0.05, 0) is 26.2 Å². The van der Waals surface area contributed by atoms with E-state index >= 15 is 0 Å². The fraction of sp³-hybridized carbons (Fsp3) is 0.692. The first-order valence-electron chi connectivity index (χ1n) is 6.22. The van der Waals surface area contributed by atoms with Crippen LogP contribution in [-0.4, -0.2) is 29.7 Å². The van der Waals surface area contributed by atoms with Gasteiger partial charge in [-0.15, -0.1) is 0 Å². The van der Waals surface area contributed by atoms with Gasteiger partial charge < -0.3 is 10.1 Å². The van der Waals surface area contributed by atoms with Crippen LogP contribution in [0.2, 0.25) is 0 Å². The summed E-state index contributed by atoms with van der Waals surface area (Å²) in [5, 5.41) is 3.24. The van der Waals surface area contributed by atoms with Crippen molar-refractivity contribution in [2.75, 3.05) is 25.1 Å². The smallest absolute Gasteiger partial charge is 0.129 e. The van der Waals surface area contributed by atoms with Gasteiger partial charge in [-0.3, -0.25) is 0 Å². The van der Waals surface area contributed by atoms with E-state index in [4.69, 9.17) is 4.74 Å². The van der Waals surface area contributed by atoms with Gasteiger partial charge in [-0.1, -0.05) is 13.8 Å². The van der Waals surface area contributed by atoms with Crippen molar-refractivity contribution in [3.8, 4) is 0 Å². The molecule has 1 heterocycles. The van der Waals surface area contributed by atoms with Crippen molar-refractivity contribution in [1.82, 2.24) is 9.97 Å². The molecule has 0 aliphatic rings. The third kappa shape index (κ3) is 6.22. The second-order valence-electron chi connectivity index (χ2n) is 4.66. The highest BCUT2D eigenvalue weighted by Crippen LogP contribution is 2.05. The quantitative estimate of drug-likeness (QED) is 0.740. The van der Waals surface area contributed by atoms with Crippen LogP contribution in [0.15, 0.2) is 6.07 Å². The Labute approximate surface area is 104 Å². The molecule has 17 heavy (non-hydrogen) atoms. The van der Waals surface area contributed by atoms with Crippen LogP contribution >= 0.6 is 0 Å². The molecular weight excluding hydrogens is 214 g/mol. The first-order chi connectivity index (χ1) is 8.08. The van der Waals surface area contributed by atoms with E-state index in [2.05, 4.69) is 29.1 Å². The van der Waals surface area contributed by atoms with E-state index in [1.807, 2.05) is 19.9 Å². The molecule has 0 aliphatic heterocycles. The number of ether oxygens (including phenoxy) is 1. The lowest BCUT2D eigenvalue weighted by Crippen LogP contribution is -2.12. The van der Waals surface area contributed by atoms with Crippen LogP contribution in [0.5, 0.6) is 0 Å². The predicted molar refractivity (Wildman–Crippen MR) is 70.3 cm³/mol. The van der Waals surface area contributed by atoms with Gasteiger partial charge in [0.25, 0.3) is 0 Å². The van der Waals surface area contributed by atoms with Crippen LogP contribution in [0.1, 0.15) is 31.8 Å². The van der Waals surface area contributed by atoms with Crippen molar-refractivity contribution < 1.29 is 4.74 Å². The Morgan fingerprint density at radius 3 is 2.65 bits per heavy atom. The summed E-state index contributed by atoms with van der Waals surface area (Å²) in [7, 11) is 0. The molecule has 1 N–H and O–H groups in total. The number of nitrogens with zero attached hydrogens (tertiary/aromatic N) is 2. The maximum atomic E-state index is 5.52. The molecule has 0 saturated carbocycles. The molecule has 4 nitrogen and oxygen atoms in total. The second-order valence-corrected chi connectivity index (χ2v) is 4.66. The minimum Gasteiger partial charge on any atom is -0.380 e. The van der Waals surface area contributed by atoms with Gasteiger partial charge in [0.05, 0.1) is 6.61 Å². The minimum absolute atomic E-state index is 0.704. The molecule has 0 aromatic carbocycles. The highest BCUT2D eigenvalue weighted by Gasteiger charge is 1.98. The molecule has 0 bridgehead atoms. The number of hydrogen-bond donors (Lipinski definition) is 1. The minimum atomic E-state index is 0.704. The molecule has 1 aromatic rings. The van der Waals surface area contributed by atoms with E-state index in [1.165, 1.54) is 0 Å². The van der Waals surface area contributed by atoms with E-state index in [0.717, 1.165) is 43.5 Å². The van der Waals surface area contributed by atoms with Gasteiger partial charge in [0.2, 0.25) is 0 Å². The van der Waals surface area contributed by atoms with Crippen LogP contribution < -0.4 is 5.32 Å². The lowest BCUT2D eigenvalue weighted by molar-refractivity contribution is 0.132. The standard InChI is InChI=1S/C13H23N3O/c1-10(2)5-7-17-8-6-14-13-9-11(3)15-12(4)16-13/h9-10H,5-8H2,1-4H3,(H,14,15,16). The van der Waals surface area contributed by atoms with Gasteiger partial charge >= 0.3 is 0 Å². The van der Waals surface area contributed by atoms with Gasteiger partial charge in [0, 0.05) is 24.9 Å². The Morgan fingerprint density at radius 2 is 2.00 bits per heavy atom. The van der Waals surface area contributed by atoms with E-state index < -0.39 is 0 Å². The monoisotopic (exact) mass is 237 g/mol. The molecule has 0 fully saturated rings. The summed E-state index contributed by atoms with van der Waals surface area (Å²) in [6, 6.07) is 1.95. The summed E-state index contributed by atoms with van der Waals surface area (Å²) in [6.07, 6.45) is 1.12. The number of anilines is 1. The van der Waals surface area contributed by atoms with E-state index in [-0.39, 0.29) is 0 Å². The van der Waals surface area contributed by atoms with Crippen molar-refractivity contribution in [2.45, 2.75) is 34.1 Å². The van der Waals surface area contributed by atoms with Gasteiger partial charge in [0.15, 0.2) is 0 Å². The summed E-state index contributed by atoms with van der Waals surface area (Å²) >= 11 is 0. The number of nitrogens with one attached hydrogen (secondary N) is 1. The third-order valence-electron chi connectivity index (χ3n) is 2.36. The summed E-state index contributed by atoms with van der Waals surface area (Å²) in [6.45, 7) is 10.6. The third-order valence-corrected chi connectivity index (χ3v) is 2.36. The zero-order valence-corrected chi connectivity index (χ0v) is 11.3. The van der Waals surface area contributed by atoms with Crippen molar-refractivity contribution in [2.24, 2.45) is 5.92 Å². The molecule has 0 amide bonds. The number of rotatable bonds is 7. The Morgan fingerprint density at radius 1 is 1.24 bits per heavy atom. The fourth-order valence-corrected chi connectivity index (χ4v) is 1.48. The summed E-state index contributed by atoms with van der Waals surface area (Å²) < 4.78 is 5.52. The Hall–Kier alpha value is -1.16. The molecule has 96 valence electrons. The largest absolute Gasteiger partial charge is 0.380 e. The average molecular weight is 237 g/mol. The van der Waals surface area contributed by atoms with Crippen molar-refractivity contribution >= 4 is 5.82 Å². The molecule has 0 unspecified atom stereocenters. The van der Waals surface area contributed by atoms with Gasteiger partial charge in [-0.2, -0.15) is 0 Å². The number of hydrogen-bond acceptors (Lipinski definition) is 4. The molecule has 0 spiro atoms. The average Bonchev–Trinajstić information content (AvgIpc) is 2.21. The maximum Gasteiger partial charge on any atom is 0.129 e. The number of aryl methyl sites for hydroxylation is 2. The zero-order valence-electron chi connectivity index (χ0n) is 11.3. The molecular formula is C13H23N3O. The second kappa shape index (κ2) is 7.22. The van der Waals surface area contributed by atoms with Crippen LogP contribution in [0.25, 0.3) is 0 Å². The molecule has 4 heteroatoms. The highest BCUT2D eigenvalue weighted by atomic mass is 16.5. The fourth-order valence-electron chi connectivity index (χ4n) is 1.48.